The molecule has 0 unspecified atom stereocenters. The van der Waals surface area contributed by atoms with Crippen LogP contribution in [0.3, 0.4) is 0 Å². The highest BCUT2D eigenvalue weighted by atomic mass is 16.3. The van der Waals surface area contributed by atoms with Crippen LogP contribution in [0.25, 0.3) is 11.1 Å². The lowest BCUT2D eigenvalue weighted by molar-refractivity contribution is 0.182. The molecule has 1 aliphatic carbocycles. The number of nitrogens with one attached hydrogen (secondary N) is 1. The maximum Gasteiger partial charge on any atom is 0.231 e. The summed E-state index contributed by atoms with van der Waals surface area (Å²) in [6.07, 6.45) is 3.50. The highest BCUT2D eigenvalue weighted by molar-refractivity contribution is 5.88. The molecule has 0 bridgehead atoms. The van der Waals surface area contributed by atoms with E-state index in [0.717, 1.165) is 29.6 Å². The van der Waals surface area contributed by atoms with Crippen molar-refractivity contribution in [3.63, 3.8) is 0 Å². The Labute approximate surface area is 141 Å². The lowest BCUT2D eigenvalue weighted by atomic mass is 9.72. The van der Waals surface area contributed by atoms with Crippen LogP contribution in [0.1, 0.15) is 42.0 Å². The maximum absolute atomic E-state index is 6.13. The second kappa shape index (κ2) is 5.60. The van der Waals surface area contributed by atoms with Crippen molar-refractivity contribution in [3.8, 4) is 0 Å². The number of nitrogens with two attached hydrogens (primary N) is 1. The maximum atomic E-state index is 6.13. The minimum atomic E-state index is 0.0311. The number of nitrogens with zero attached hydrogens (tertiary/aromatic N) is 2. The van der Waals surface area contributed by atoms with E-state index in [2.05, 4.69) is 45.6 Å². The van der Waals surface area contributed by atoms with Gasteiger partial charge in [0.25, 0.3) is 0 Å². The van der Waals surface area contributed by atoms with Crippen LogP contribution in [0, 0.1) is 13.8 Å². The summed E-state index contributed by atoms with van der Waals surface area (Å²) in [5.41, 5.74) is 9.08. The number of hydrogen-bond acceptors (Lipinski definition) is 5. The molecule has 0 aliphatic heterocycles. The van der Waals surface area contributed by atoms with E-state index in [9.17, 15) is 0 Å². The van der Waals surface area contributed by atoms with Gasteiger partial charge in [0, 0.05) is 11.1 Å². The average molecular weight is 322 g/mol. The summed E-state index contributed by atoms with van der Waals surface area (Å²) < 4.78 is 5.72. The van der Waals surface area contributed by atoms with E-state index < -0.39 is 0 Å². The van der Waals surface area contributed by atoms with Crippen LogP contribution in [0.5, 0.6) is 0 Å². The lowest BCUT2D eigenvalue weighted by Crippen LogP contribution is -2.47. The van der Waals surface area contributed by atoms with Gasteiger partial charge in [0.2, 0.25) is 5.71 Å². The van der Waals surface area contributed by atoms with Gasteiger partial charge in [-0.25, -0.2) is 4.98 Å². The Morgan fingerprint density at radius 3 is 2.58 bits per heavy atom. The quantitative estimate of drug-likeness (QED) is 0.767. The molecule has 3 aromatic rings. The minimum Gasteiger partial charge on any atom is -0.443 e. The number of anilines is 1. The molecule has 1 aliphatic rings. The fourth-order valence-corrected chi connectivity index (χ4v) is 3.51. The lowest BCUT2D eigenvalue weighted by Gasteiger charge is -2.43. The molecule has 0 radical (unpaired) electrons. The fraction of sp³-hybridized carbons (Fsp3) is 0.368. The summed E-state index contributed by atoms with van der Waals surface area (Å²) in [5, 5.41) is 4.49. The van der Waals surface area contributed by atoms with E-state index in [0.29, 0.717) is 23.9 Å². The van der Waals surface area contributed by atoms with Crippen LogP contribution in [0.2, 0.25) is 0 Å². The van der Waals surface area contributed by atoms with Gasteiger partial charge in [-0.1, -0.05) is 30.3 Å². The van der Waals surface area contributed by atoms with Crippen LogP contribution in [0.4, 0.5) is 5.82 Å². The molecule has 3 N–H and O–H groups in total. The normalized spacial score (nSPS) is 16.2. The highest BCUT2D eigenvalue weighted by Gasteiger charge is 2.38. The molecule has 124 valence electrons. The van der Waals surface area contributed by atoms with Crippen molar-refractivity contribution in [2.24, 2.45) is 0 Å². The van der Waals surface area contributed by atoms with Crippen molar-refractivity contribution in [1.82, 2.24) is 15.3 Å². The van der Waals surface area contributed by atoms with Crippen molar-refractivity contribution >= 4 is 16.9 Å². The number of aryl methyl sites for hydroxylation is 2. The summed E-state index contributed by atoms with van der Waals surface area (Å²) in [5.74, 6) is 2.01. The van der Waals surface area contributed by atoms with Gasteiger partial charge in [-0.3, -0.25) is 0 Å². The van der Waals surface area contributed by atoms with Crippen molar-refractivity contribution in [2.45, 2.75) is 45.2 Å². The van der Waals surface area contributed by atoms with Gasteiger partial charge in [-0.2, -0.15) is 4.98 Å². The summed E-state index contributed by atoms with van der Waals surface area (Å²) >= 11 is 0. The van der Waals surface area contributed by atoms with Crippen molar-refractivity contribution in [2.75, 3.05) is 5.73 Å². The van der Waals surface area contributed by atoms with E-state index in [1.54, 1.807) is 0 Å². The zero-order chi connectivity index (χ0) is 16.7. The molecule has 2 heterocycles. The van der Waals surface area contributed by atoms with Gasteiger partial charge in [-0.05, 0) is 38.7 Å². The third-order valence-corrected chi connectivity index (χ3v) is 5.22. The van der Waals surface area contributed by atoms with Crippen molar-refractivity contribution < 1.29 is 4.42 Å². The van der Waals surface area contributed by atoms with Crippen molar-refractivity contribution in [3.05, 3.63) is 53.0 Å². The second-order valence-electron chi connectivity index (χ2n) is 6.64. The molecule has 5 heteroatoms. The first-order chi connectivity index (χ1) is 11.6. The summed E-state index contributed by atoms with van der Waals surface area (Å²) in [6, 6.07) is 10.6. The first-order valence-electron chi connectivity index (χ1n) is 8.42. The molecule has 1 aromatic carbocycles. The summed E-state index contributed by atoms with van der Waals surface area (Å²) in [6.45, 7) is 4.48. The molecule has 5 nitrogen and oxygen atoms in total. The Bertz CT molecular complexity index is 881. The standard InChI is InChI=1S/C19H22N4O/c1-12-13(2)24-18-16(12)17(20)22-15(23-18)11-21-19(9-6-10-19)14-7-4-3-5-8-14/h3-5,7-8,21H,6,9-11H2,1-2H3,(H2,20,22,23). The van der Waals surface area contributed by atoms with Crippen LogP contribution < -0.4 is 11.1 Å². The van der Waals surface area contributed by atoms with Crippen LogP contribution >= 0.6 is 0 Å². The van der Waals surface area contributed by atoms with Gasteiger partial charge < -0.3 is 15.5 Å². The average Bonchev–Trinajstić information content (AvgIpc) is 2.82. The molecule has 0 atom stereocenters. The van der Waals surface area contributed by atoms with Crippen molar-refractivity contribution in [1.29, 1.82) is 0 Å². The number of hydrogen-bond donors (Lipinski definition) is 2. The zero-order valence-corrected chi connectivity index (χ0v) is 14.1. The predicted octanol–water partition coefficient (Wildman–Crippen LogP) is 3.59. The molecule has 0 amide bonds. The molecule has 0 saturated heterocycles. The predicted molar refractivity (Wildman–Crippen MR) is 94.5 cm³/mol. The van der Waals surface area contributed by atoms with Crippen LogP contribution in [-0.2, 0) is 12.1 Å². The molecule has 2 aromatic heterocycles. The van der Waals surface area contributed by atoms with Gasteiger partial charge in [0.05, 0.1) is 11.9 Å². The first kappa shape index (κ1) is 15.1. The second-order valence-corrected chi connectivity index (χ2v) is 6.64. The molecule has 24 heavy (non-hydrogen) atoms. The van der Waals surface area contributed by atoms with Gasteiger partial charge in [-0.15, -0.1) is 0 Å². The van der Waals surface area contributed by atoms with Crippen LogP contribution in [-0.4, -0.2) is 9.97 Å². The SMILES string of the molecule is Cc1oc2nc(CNC3(c4ccccc4)CCC3)nc(N)c2c1C. The van der Waals surface area contributed by atoms with Gasteiger partial charge in [0.15, 0.2) is 0 Å². The molecule has 1 saturated carbocycles. The largest absolute Gasteiger partial charge is 0.443 e. The highest BCUT2D eigenvalue weighted by Crippen LogP contribution is 2.41. The van der Waals surface area contributed by atoms with E-state index in [-0.39, 0.29) is 5.54 Å². The Morgan fingerprint density at radius 2 is 1.92 bits per heavy atom. The molecule has 4 rings (SSSR count). The monoisotopic (exact) mass is 322 g/mol. The molecular weight excluding hydrogens is 300 g/mol. The Kier molecular flexibility index (Phi) is 3.53. The number of furan rings is 1. The van der Waals surface area contributed by atoms with Gasteiger partial charge in [0.1, 0.15) is 17.4 Å². The Morgan fingerprint density at radius 1 is 1.17 bits per heavy atom. The smallest absolute Gasteiger partial charge is 0.231 e. The summed E-state index contributed by atoms with van der Waals surface area (Å²) in [4.78, 5) is 9.03. The zero-order valence-electron chi connectivity index (χ0n) is 14.1. The van der Waals surface area contributed by atoms with Crippen LogP contribution in [0.15, 0.2) is 34.7 Å². The van der Waals surface area contributed by atoms with E-state index in [1.807, 2.05) is 13.8 Å². The van der Waals surface area contributed by atoms with E-state index in [4.69, 9.17) is 10.2 Å². The number of benzene rings is 1. The third-order valence-electron chi connectivity index (χ3n) is 5.22. The third kappa shape index (κ3) is 2.36. The Hall–Kier alpha value is -2.40. The first-order valence-corrected chi connectivity index (χ1v) is 8.42. The van der Waals surface area contributed by atoms with Gasteiger partial charge >= 0.3 is 0 Å². The minimum absolute atomic E-state index is 0.0311. The number of nitrogen functional groups attached to an aromatic ring is 1. The molecule has 0 spiro atoms. The molecule has 1 fully saturated rings. The topological polar surface area (TPSA) is 77.0 Å². The molecular formula is C19H22N4O. The van der Waals surface area contributed by atoms with E-state index >= 15 is 0 Å². The number of fused-ring (bicyclic) bond motifs is 1. The number of rotatable bonds is 4. The fourth-order valence-electron chi connectivity index (χ4n) is 3.51. The summed E-state index contributed by atoms with van der Waals surface area (Å²) in [7, 11) is 0. The number of aromatic nitrogens is 2. The Balaban J connectivity index is 1.61. The van der Waals surface area contributed by atoms with E-state index in [1.165, 1.54) is 12.0 Å².